The van der Waals surface area contributed by atoms with Crippen LogP contribution in [0.25, 0.3) is 11.1 Å². The minimum absolute atomic E-state index is 0.00311. The molecule has 150 valence electrons. The first-order valence-electron chi connectivity index (χ1n) is 9.47. The van der Waals surface area contributed by atoms with Gasteiger partial charge in [-0.1, -0.05) is 29.8 Å². The molecule has 1 aromatic heterocycles. The average Bonchev–Trinajstić information content (AvgIpc) is 2.65. The summed E-state index contributed by atoms with van der Waals surface area (Å²) in [7, 11) is -2.93. The standard InChI is InChI=1S/C21H25NO5S/c1-3-27-21(24)19-14-22(12-16-8-10-28(25,26)11-9-16)13-18(20(19)23)17-6-4-15(2)5-7-17/h4-7,13-14,16H,3,8-12H2,1-2H3. The lowest BCUT2D eigenvalue weighted by Gasteiger charge is -2.23. The Bertz CT molecular complexity index is 1010. The molecule has 0 saturated carbocycles. The van der Waals surface area contributed by atoms with E-state index in [1.807, 2.05) is 35.8 Å². The van der Waals surface area contributed by atoms with E-state index in [1.54, 1.807) is 13.1 Å². The molecule has 1 aromatic carbocycles. The fourth-order valence-electron chi connectivity index (χ4n) is 3.45. The number of hydrogen-bond acceptors (Lipinski definition) is 5. The number of esters is 1. The van der Waals surface area contributed by atoms with E-state index in [0.717, 1.165) is 11.1 Å². The first kappa shape index (κ1) is 20.3. The third-order valence-electron chi connectivity index (χ3n) is 5.08. The largest absolute Gasteiger partial charge is 0.462 e. The molecule has 2 aromatic rings. The highest BCUT2D eigenvalue weighted by Crippen LogP contribution is 2.22. The van der Waals surface area contributed by atoms with Crippen LogP contribution in [0.1, 0.15) is 35.7 Å². The first-order valence-corrected chi connectivity index (χ1v) is 11.3. The molecule has 0 N–H and O–H groups in total. The highest BCUT2D eigenvalue weighted by Gasteiger charge is 2.24. The zero-order valence-corrected chi connectivity index (χ0v) is 17.0. The maximum Gasteiger partial charge on any atom is 0.343 e. The average molecular weight is 404 g/mol. The Balaban J connectivity index is 1.98. The van der Waals surface area contributed by atoms with E-state index in [-0.39, 0.29) is 35.0 Å². The van der Waals surface area contributed by atoms with E-state index in [9.17, 15) is 18.0 Å². The molecular weight excluding hydrogens is 378 g/mol. The molecule has 0 aliphatic carbocycles. The van der Waals surface area contributed by atoms with Gasteiger partial charge in [0.15, 0.2) is 0 Å². The van der Waals surface area contributed by atoms with Crippen molar-refractivity contribution < 1.29 is 17.9 Å². The van der Waals surface area contributed by atoms with Gasteiger partial charge in [0.05, 0.1) is 18.1 Å². The van der Waals surface area contributed by atoms with E-state index in [1.165, 1.54) is 6.20 Å². The van der Waals surface area contributed by atoms with Crippen LogP contribution in [0.5, 0.6) is 0 Å². The molecule has 0 bridgehead atoms. The smallest absolute Gasteiger partial charge is 0.343 e. The molecular formula is C21H25NO5S. The summed E-state index contributed by atoms with van der Waals surface area (Å²) in [6.07, 6.45) is 4.45. The third-order valence-corrected chi connectivity index (χ3v) is 6.80. The van der Waals surface area contributed by atoms with Crippen molar-refractivity contribution >= 4 is 15.8 Å². The van der Waals surface area contributed by atoms with Crippen LogP contribution in [0.4, 0.5) is 0 Å². The van der Waals surface area contributed by atoms with Crippen LogP contribution in [-0.2, 0) is 21.1 Å². The number of nitrogens with zero attached hydrogens (tertiary/aromatic N) is 1. The van der Waals surface area contributed by atoms with Gasteiger partial charge in [-0.2, -0.15) is 0 Å². The normalized spacial score (nSPS) is 16.6. The molecule has 0 atom stereocenters. The van der Waals surface area contributed by atoms with E-state index in [0.29, 0.717) is 24.9 Å². The summed E-state index contributed by atoms with van der Waals surface area (Å²) in [6, 6.07) is 7.56. The maximum absolute atomic E-state index is 12.9. The number of rotatable bonds is 5. The molecule has 0 unspecified atom stereocenters. The number of carbonyl (C=O) groups excluding carboxylic acids is 1. The first-order chi connectivity index (χ1) is 13.3. The van der Waals surface area contributed by atoms with Gasteiger partial charge < -0.3 is 9.30 Å². The molecule has 1 aliphatic heterocycles. The Morgan fingerprint density at radius 3 is 2.39 bits per heavy atom. The summed E-state index contributed by atoms with van der Waals surface area (Å²) in [5.74, 6) is -0.0747. The van der Waals surface area contributed by atoms with Crippen molar-refractivity contribution in [2.45, 2.75) is 33.2 Å². The van der Waals surface area contributed by atoms with Crippen LogP contribution in [0.3, 0.4) is 0 Å². The van der Waals surface area contributed by atoms with Gasteiger partial charge in [0.25, 0.3) is 0 Å². The fourth-order valence-corrected chi connectivity index (χ4v) is 5.04. The number of benzene rings is 1. The number of aromatic nitrogens is 1. The highest BCUT2D eigenvalue weighted by molar-refractivity contribution is 7.91. The van der Waals surface area contributed by atoms with Crippen molar-refractivity contribution in [1.82, 2.24) is 4.57 Å². The van der Waals surface area contributed by atoms with Crippen molar-refractivity contribution in [3.8, 4) is 11.1 Å². The number of sulfone groups is 1. The Morgan fingerprint density at radius 2 is 1.79 bits per heavy atom. The summed E-state index contributed by atoms with van der Waals surface area (Å²) < 4.78 is 30.2. The van der Waals surface area contributed by atoms with Crippen LogP contribution in [0.2, 0.25) is 0 Å². The van der Waals surface area contributed by atoms with Crippen LogP contribution in [0.15, 0.2) is 41.5 Å². The summed E-state index contributed by atoms with van der Waals surface area (Å²) >= 11 is 0. The van der Waals surface area contributed by atoms with Crippen molar-refractivity contribution in [2.24, 2.45) is 5.92 Å². The zero-order valence-electron chi connectivity index (χ0n) is 16.2. The second kappa shape index (κ2) is 8.31. The molecule has 0 amide bonds. The van der Waals surface area contributed by atoms with Crippen LogP contribution >= 0.6 is 0 Å². The van der Waals surface area contributed by atoms with Gasteiger partial charge in [0.1, 0.15) is 15.4 Å². The molecule has 0 radical (unpaired) electrons. The number of ether oxygens (including phenoxy) is 1. The van der Waals surface area contributed by atoms with Crippen LogP contribution < -0.4 is 5.43 Å². The summed E-state index contributed by atoms with van der Waals surface area (Å²) in [4.78, 5) is 25.2. The lowest BCUT2D eigenvalue weighted by atomic mass is 10.0. The predicted molar refractivity (Wildman–Crippen MR) is 108 cm³/mol. The van der Waals surface area contributed by atoms with Gasteiger partial charge >= 0.3 is 5.97 Å². The molecule has 28 heavy (non-hydrogen) atoms. The molecule has 1 fully saturated rings. The monoisotopic (exact) mass is 403 g/mol. The zero-order chi connectivity index (χ0) is 20.3. The molecule has 2 heterocycles. The molecule has 3 rings (SSSR count). The van der Waals surface area contributed by atoms with Crippen LogP contribution in [-0.4, -0.2) is 37.1 Å². The van der Waals surface area contributed by atoms with Gasteiger partial charge in [-0.15, -0.1) is 0 Å². The second-order valence-electron chi connectivity index (χ2n) is 7.29. The van der Waals surface area contributed by atoms with Crippen LogP contribution in [0, 0.1) is 12.8 Å². The highest BCUT2D eigenvalue weighted by atomic mass is 32.2. The molecule has 1 saturated heterocycles. The quantitative estimate of drug-likeness (QED) is 0.717. The van der Waals surface area contributed by atoms with E-state index in [2.05, 4.69) is 0 Å². The number of pyridine rings is 1. The fraction of sp³-hybridized carbons (Fsp3) is 0.429. The van der Waals surface area contributed by atoms with Gasteiger partial charge in [-0.3, -0.25) is 4.79 Å². The number of carbonyl (C=O) groups is 1. The molecule has 0 spiro atoms. The van der Waals surface area contributed by atoms with E-state index < -0.39 is 15.8 Å². The minimum Gasteiger partial charge on any atom is -0.462 e. The van der Waals surface area contributed by atoms with Gasteiger partial charge in [-0.25, -0.2) is 13.2 Å². The van der Waals surface area contributed by atoms with E-state index in [4.69, 9.17) is 4.74 Å². The van der Waals surface area contributed by atoms with Crippen molar-refractivity contribution in [3.63, 3.8) is 0 Å². The SMILES string of the molecule is CCOC(=O)c1cn(CC2CCS(=O)(=O)CC2)cc(-c2ccc(C)cc2)c1=O. The predicted octanol–water partition coefficient (Wildman–Crippen LogP) is 2.83. The van der Waals surface area contributed by atoms with Crippen molar-refractivity contribution in [3.05, 3.63) is 58.0 Å². The molecule has 7 heteroatoms. The Labute approximate surface area is 165 Å². The minimum atomic E-state index is -2.93. The third kappa shape index (κ3) is 4.70. The summed E-state index contributed by atoms with van der Waals surface area (Å²) in [5.41, 5.74) is 1.90. The van der Waals surface area contributed by atoms with Gasteiger partial charge in [-0.05, 0) is 38.2 Å². The summed E-state index contributed by atoms with van der Waals surface area (Å²) in [6.45, 7) is 4.41. The number of hydrogen-bond donors (Lipinski definition) is 0. The molecule has 1 aliphatic rings. The topological polar surface area (TPSA) is 82.4 Å². The Kier molecular flexibility index (Phi) is 6.03. The Morgan fingerprint density at radius 1 is 1.14 bits per heavy atom. The second-order valence-corrected chi connectivity index (χ2v) is 9.60. The Hall–Kier alpha value is -2.41. The van der Waals surface area contributed by atoms with Gasteiger partial charge in [0.2, 0.25) is 5.43 Å². The number of aryl methyl sites for hydroxylation is 1. The summed E-state index contributed by atoms with van der Waals surface area (Å²) in [5, 5.41) is 0. The van der Waals surface area contributed by atoms with Crippen molar-refractivity contribution in [2.75, 3.05) is 18.1 Å². The van der Waals surface area contributed by atoms with E-state index >= 15 is 0 Å². The lowest BCUT2D eigenvalue weighted by Crippen LogP contribution is -2.27. The lowest BCUT2D eigenvalue weighted by molar-refractivity contribution is 0.0523. The maximum atomic E-state index is 12.9. The molecule has 6 nitrogen and oxygen atoms in total. The van der Waals surface area contributed by atoms with Gasteiger partial charge in [0, 0.05) is 24.5 Å². The van der Waals surface area contributed by atoms with Crippen molar-refractivity contribution in [1.29, 1.82) is 0 Å².